The molecule has 118 valence electrons. The van der Waals surface area contributed by atoms with Crippen molar-refractivity contribution in [2.24, 2.45) is 4.99 Å². The molecule has 3 nitrogen and oxygen atoms in total. The van der Waals surface area contributed by atoms with Crippen molar-refractivity contribution in [1.29, 1.82) is 0 Å². The zero-order valence-corrected chi connectivity index (χ0v) is 15.8. The molecular formula is C17H28IN3. The number of benzene rings is 1. The van der Waals surface area contributed by atoms with Crippen molar-refractivity contribution in [1.82, 2.24) is 10.2 Å². The van der Waals surface area contributed by atoms with E-state index in [0.717, 1.165) is 38.6 Å². The minimum Gasteiger partial charge on any atom is -0.357 e. The van der Waals surface area contributed by atoms with Crippen LogP contribution in [0, 0.1) is 13.8 Å². The fourth-order valence-corrected chi connectivity index (χ4v) is 2.86. The molecule has 1 aromatic carbocycles. The van der Waals surface area contributed by atoms with Crippen LogP contribution in [0.3, 0.4) is 0 Å². The number of hydrogen-bond acceptors (Lipinski definition) is 1. The average molecular weight is 401 g/mol. The van der Waals surface area contributed by atoms with Crippen LogP contribution in [0.4, 0.5) is 0 Å². The molecule has 0 spiro atoms. The predicted molar refractivity (Wildman–Crippen MR) is 102 cm³/mol. The van der Waals surface area contributed by atoms with E-state index in [4.69, 9.17) is 4.99 Å². The smallest absolute Gasteiger partial charge is 0.193 e. The van der Waals surface area contributed by atoms with E-state index in [0.29, 0.717) is 0 Å². The number of aliphatic imine (C=N–C) groups is 1. The van der Waals surface area contributed by atoms with Gasteiger partial charge in [0.2, 0.25) is 0 Å². The lowest BCUT2D eigenvalue weighted by atomic mass is 10.1. The summed E-state index contributed by atoms with van der Waals surface area (Å²) >= 11 is 0. The topological polar surface area (TPSA) is 27.6 Å². The van der Waals surface area contributed by atoms with Crippen molar-refractivity contribution in [3.05, 3.63) is 34.9 Å². The van der Waals surface area contributed by atoms with Gasteiger partial charge in [-0.1, -0.05) is 29.3 Å². The quantitative estimate of drug-likeness (QED) is 0.475. The molecule has 4 heteroatoms. The minimum absolute atomic E-state index is 0. The molecule has 1 fully saturated rings. The van der Waals surface area contributed by atoms with Gasteiger partial charge in [0.1, 0.15) is 0 Å². The van der Waals surface area contributed by atoms with Crippen LogP contribution >= 0.6 is 24.0 Å². The number of guanidine groups is 1. The standard InChI is InChI=1S/C17H27N3.HI/c1-4-18-17(20-9-5-6-10-20)19-8-7-16-12-14(2)11-15(3)13-16;/h11-13H,4-10H2,1-3H3,(H,18,19);1H. The van der Waals surface area contributed by atoms with Gasteiger partial charge in [0.05, 0.1) is 0 Å². The SMILES string of the molecule is CCNC(=NCCc1cc(C)cc(C)c1)N1CCCC1.I. The summed E-state index contributed by atoms with van der Waals surface area (Å²) in [6.07, 6.45) is 3.61. The van der Waals surface area contributed by atoms with Crippen molar-refractivity contribution < 1.29 is 0 Å². The van der Waals surface area contributed by atoms with Crippen LogP contribution < -0.4 is 5.32 Å². The van der Waals surface area contributed by atoms with E-state index < -0.39 is 0 Å². The van der Waals surface area contributed by atoms with E-state index in [1.807, 2.05) is 0 Å². The number of hydrogen-bond donors (Lipinski definition) is 1. The molecule has 0 atom stereocenters. The van der Waals surface area contributed by atoms with Crippen LogP contribution in [0.5, 0.6) is 0 Å². The molecule has 1 saturated heterocycles. The largest absolute Gasteiger partial charge is 0.357 e. The lowest BCUT2D eigenvalue weighted by Crippen LogP contribution is -2.39. The Morgan fingerprint density at radius 3 is 2.33 bits per heavy atom. The molecule has 1 aromatic rings. The molecule has 0 unspecified atom stereocenters. The van der Waals surface area contributed by atoms with E-state index >= 15 is 0 Å². The molecule has 0 bridgehead atoms. The van der Waals surface area contributed by atoms with Gasteiger partial charge in [-0.25, -0.2) is 0 Å². The second-order valence-corrected chi connectivity index (χ2v) is 5.68. The Morgan fingerprint density at radius 1 is 1.14 bits per heavy atom. The fraction of sp³-hybridized carbons (Fsp3) is 0.588. The first-order valence-electron chi connectivity index (χ1n) is 7.79. The Morgan fingerprint density at radius 2 is 1.76 bits per heavy atom. The van der Waals surface area contributed by atoms with Gasteiger partial charge in [-0.15, -0.1) is 24.0 Å². The second-order valence-electron chi connectivity index (χ2n) is 5.68. The van der Waals surface area contributed by atoms with Crippen LogP contribution in [0.2, 0.25) is 0 Å². The van der Waals surface area contributed by atoms with Crippen molar-refractivity contribution in [2.45, 2.75) is 40.0 Å². The Kier molecular flexibility index (Phi) is 8.07. The highest BCUT2D eigenvalue weighted by atomic mass is 127. The lowest BCUT2D eigenvalue weighted by molar-refractivity contribution is 0.494. The highest BCUT2D eigenvalue weighted by Gasteiger charge is 2.15. The molecule has 0 radical (unpaired) electrons. The molecular weight excluding hydrogens is 373 g/mol. The second kappa shape index (κ2) is 9.28. The number of halogens is 1. The van der Waals surface area contributed by atoms with E-state index in [-0.39, 0.29) is 24.0 Å². The molecule has 1 aliphatic rings. The Labute approximate surface area is 146 Å². The van der Waals surface area contributed by atoms with E-state index in [2.05, 4.69) is 49.2 Å². The van der Waals surface area contributed by atoms with E-state index in [1.165, 1.54) is 29.5 Å². The maximum Gasteiger partial charge on any atom is 0.193 e. The predicted octanol–water partition coefficient (Wildman–Crippen LogP) is 3.53. The van der Waals surface area contributed by atoms with Crippen molar-refractivity contribution in [3.8, 4) is 0 Å². The van der Waals surface area contributed by atoms with Gasteiger partial charge in [0, 0.05) is 26.2 Å². The number of nitrogens with zero attached hydrogens (tertiary/aromatic N) is 2. The van der Waals surface area contributed by atoms with E-state index in [1.54, 1.807) is 0 Å². The van der Waals surface area contributed by atoms with Gasteiger partial charge in [-0.3, -0.25) is 4.99 Å². The third kappa shape index (κ3) is 5.85. The summed E-state index contributed by atoms with van der Waals surface area (Å²) in [6, 6.07) is 6.76. The monoisotopic (exact) mass is 401 g/mol. The number of likely N-dealkylation sites (tertiary alicyclic amines) is 1. The first-order valence-corrected chi connectivity index (χ1v) is 7.79. The Hall–Kier alpha value is -0.780. The molecule has 2 rings (SSSR count). The highest BCUT2D eigenvalue weighted by Crippen LogP contribution is 2.10. The minimum atomic E-state index is 0. The number of rotatable bonds is 4. The van der Waals surface area contributed by atoms with Crippen LogP contribution in [0.25, 0.3) is 0 Å². The van der Waals surface area contributed by atoms with Gasteiger partial charge < -0.3 is 10.2 Å². The van der Waals surface area contributed by atoms with Crippen molar-refractivity contribution in [3.63, 3.8) is 0 Å². The zero-order valence-electron chi connectivity index (χ0n) is 13.5. The van der Waals surface area contributed by atoms with Crippen LogP contribution in [-0.4, -0.2) is 37.0 Å². The van der Waals surface area contributed by atoms with E-state index in [9.17, 15) is 0 Å². The molecule has 0 aliphatic carbocycles. The summed E-state index contributed by atoms with van der Waals surface area (Å²) in [7, 11) is 0. The lowest BCUT2D eigenvalue weighted by Gasteiger charge is -2.20. The Bertz CT molecular complexity index is 445. The van der Waals surface area contributed by atoms with Gasteiger partial charge in [-0.05, 0) is 45.6 Å². The molecule has 0 saturated carbocycles. The summed E-state index contributed by atoms with van der Waals surface area (Å²) in [5.41, 5.74) is 4.08. The molecule has 21 heavy (non-hydrogen) atoms. The normalized spacial score (nSPS) is 15.0. The summed E-state index contributed by atoms with van der Waals surface area (Å²) in [5, 5.41) is 3.41. The first-order chi connectivity index (χ1) is 9.69. The Balaban J connectivity index is 0.00000220. The van der Waals surface area contributed by atoms with Gasteiger partial charge in [-0.2, -0.15) is 0 Å². The third-order valence-electron chi connectivity index (χ3n) is 3.68. The van der Waals surface area contributed by atoms with Crippen LogP contribution in [-0.2, 0) is 6.42 Å². The summed E-state index contributed by atoms with van der Waals surface area (Å²) in [5.74, 6) is 1.09. The molecule has 1 aliphatic heterocycles. The molecule has 1 heterocycles. The molecule has 1 N–H and O–H groups in total. The molecule has 0 aromatic heterocycles. The average Bonchev–Trinajstić information content (AvgIpc) is 2.90. The molecule has 0 amide bonds. The third-order valence-corrected chi connectivity index (χ3v) is 3.68. The van der Waals surface area contributed by atoms with Crippen molar-refractivity contribution in [2.75, 3.05) is 26.2 Å². The van der Waals surface area contributed by atoms with Crippen LogP contribution in [0.1, 0.15) is 36.5 Å². The summed E-state index contributed by atoms with van der Waals surface area (Å²) in [4.78, 5) is 7.16. The number of nitrogens with one attached hydrogen (secondary N) is 1. The maximum absolute atomic E-state index is 4.78. The van der Waals surface area contributed by atoms with Crippen LogP contribution in [0.15, 0.2) is 23.2 Å². The fourth-order valence-electron chi connectivity index (χ4n) is 2.86. The summed E-state index contributed by atoms with van der Waals surface area (Å²) in [6.45, 7) is 10.6. The highest BCUT2D eigenvalue weighted by molar-refractivity contribution is 14.0. The van der Waals surface area contributed by atoms with Gasteiger partial charge >= 0.3 is 0 Å². The maximum atomic E-state index is 4.78. The summed E-state index contributed by atoms with van der Waals surface area (Å²) < 4.78 is 0. The number of aryl methyl sites for hydroxylation is 2. The van der Waals surface area contributed by atoms with Gasteiger partial charge in [0.25, 0.3) is 0 Å². The van der Waals surface area contributed by atoms with Crippen molar-refractivity contribution >= 4 is 29.9 Å². The van der Waals surface area contributed by atoms with Gasteiger partial charge in [0.15, 0.2) is 5.96 Å². The zero-order chi connectivity index (χ0) is 14.4. The first kappa shape index (κ1) is 18.3.